The average molecular weight is 314 g/mol. The zero-order chi connectivity index (χ0) is 16.4. The predicted molar refractivity (Wildman–Crippen MR) is 82.4 cm³/mol. The molecule has 1 aromatic carbocycles. The van der Waals surface area contributed by atoms with Gasteiger partial charge in [0.2, 0.25) is 11.8 Å². The van der Waals surface area contributed by atoms with Crippen molar-refractivity contribution in [1.29, 1.82) is 0 Å². The van der Waals surface area contributed by atoms with Crippen LogP contribution in [0.4, 0.5) is 5.95 Å². The van der Waals surface area contributed by atoms with Gasteiger partial charge in [0.1, 0.15) is 11.1 Å². The van der Waals surface area contributed by atoms with Crippen LogP contribution in [0.25, 0.3) is 22.6 Å². The second-order valence-electron chi connectivity index (χ2n) is 4.89. The number of rotatable bonds is 5. The predicted octanol–water partition coefficient (Wildman–Crippen LogP) is 1.41. The summed E-state index contributed by atoms with van der Waals surface area (Å²) in [7, 11) is 1.77. The molecular formula is C15H14N4O4. The lowest BCUT2D eigenvalue weighted by Crippen LogP contribution is -2.23. The quantitative estimate of drug-likeness (QED) is 0.727. The third kappa shape index (κ3) is 2.84. The van der Waals surface area contributed by atoms with E-state index in [4.69, 9.17) is 9.52 Å². The van der Waals surface area contributed by atoms with E-state index in [9.17, 15) is 9.90 Å². The van der Waals surface area contributed by atoms with Crippen LogP contribution in [0.1, 0.15) is 10.4 Å². The fourth-order valence-corrected chi connectivity index (χ4v) is 2.12. The van der Waals surface area contributed by atoms with Crippen molar-refractivity contribution < 1.29 is 19.4 Å². The number of aromatic nitrogens is 3. The third-order valence-corrected chi connectivity index (χ3v) is 3.31. The Kier molecular flexibility index (Phi) is 3.90. The molecule has 0 aliphatic rings. The van der Waals surface area contributed by atoms with Crippen LogP contribution in [-0.4, -0.2) is 51.3 Å². The Balaban J connectivity index is 1.97. The van der Waals surface area contributed by atoms with Crippen LogP contribution < -0.4 is 4.90 Å². The van der Waals surface area contributed by atoms with Crippen molar-refractivity contribution in [3.63, 3.8) is 0 Å². The zero-order valence-electron chi connectivity index (χ0n) is 12.3. The fraction of sp³-hybridized carbons (Fsp3) is 0.200. The van der Waals surface area contributed by atoms with Gasteiger partial charge < -0.3 is 19.5 Å². The van der Waals surface area contributed by atoms with Crippen molar-refractivity contribution in [3.8, 4) is 11.5 Å². The van der Waals surface area contributed by atoms with Gasteiger partial charge >= 0.3 is 5.97 Å². The van der Waals surface area contributed by atoms with E-state index in [0.717, 1.165) is 0 Å². The first-order valence-corrected chi connectivity index (χ1v) is 6.87. The minimum atomic E-state index is -1.07. The van der Waals surface area contributed by atoms with Crippen LogP contribution in [0.2, 0.25) is 0 Å². The highest BCUT2D eigenvalue weighted by Crippen LogP contribution is 2.26. The van der Waals surface area contributed by atoms with Crippen molar-refractivity contribution >= 4 is 23.0 Å². The van der Waals surface area contributed by atoms with Crippen LogP contribution in [0.5, 0.6) is 0 Å². The van der Waals surface area contributed by atoms with Gasteiger partial charge in [-0.2, -0.15) is 0 Å². The molecule has 0 atom stereocenters. The maximum atomic E-state index is 11.2. The van der Waals surface area contributed by atoms with Crippen LogP contribution in [0.15, 0.2) is 35.0 Å². The lowest BCUT2D eigenvalue weighted by molar-refractivity contribution is 0.0698. The van der Waals surface area contributed by atoms with Crippen molar-refractivity contribution in [2.75, 3.05) is 25.1 Å². The number of anilines is 1. The molecule has 0 saturated carbocycles. The van der Waals surface area contributed by atoms with Crippen molar-refractivity contribution in [2.24, 2.45) is 0 Å². The van der Waals surface area contributed by atoms with Gasteiger partial charge in [-0.15, -0.1) is 0 Å². The van der Waals surface area contributed by atoms with E-state index >= 15 is 0 Å². The van der Waals surface area contributed by atoms with Crippen LogP contribution >= 0.6 is 0 Å². The Labute approximate surface area is 131 Å². The number of hydrogen-bond acceptors (Lipinski definition) is 7. The largest absolute Gasteiger partial charge is 0.478 e. The molecule has 0 radical (unpaired) electrons. The number of carbonyl (C=O) groups is 1. The maximum absolute atomic E-state index is 11.2. The molecule has 2 N–H and O–H groups in total. The van der Waals surface area contributed by atoms with Gasteiger partial charge in [0.25, 0.3) is 0 Å². The number of carboxylic acids is 1. The fourth-order valence-electron chi connectivity index (χ4n) is 2.12. The summed E-state index contributed by atoms with van der Waals surface area (Å²) in [6, 6.07) is 4.75. The number of para-hydroxylation sites is 1. The summed E-state index contributed by atoms with van der Waals surface area (Å²) in [5.74, 6) is -0.356. The Hall–Kier alpha value is -3.00. The first-order valence-electron chi connectivity index (χ1n) is 6.87. The molecule has 0 unspecified atom stereocenters. The number of benzene rings is 1. The minimum absolute atomic E-state index is 0.00467. The lowest BCUT2D eigenvalue weighted by atomic mass is 10.2. The number of hydrogen-bond donors (Lipinski definition) is 2. The van der Waals surface area contributed by atoms with Gasteiger partial charge in [-0.25, -0.2) is 19.7 Å². The highest BCUT2D eigenvalue weighted by molar-refractivity contribution is 6.00. The second-order valence-corrected chi connectivity index (χ2v) is 4.89. The smallest absolute Gasteiger partial charge is 0.339 e. The molecule has 8 heteroatoms. The standard InChI is InChI=1S/C15H14N4O4/c1-19(5-6-20)15-16-7-9(8-17-15)13-18-11-4-2-3-10(14(21)22)12(11)23-13/h2-4,7-8,20H,5-6H2,1H3,(H,21,22). The Morgan fingerprint density at radius 1 is 1.30 bits per heavy atom. The Morgan fingerprint density at radius 3 is 2.70 bits per heavy atom. The minimum Gasteiger partial charge on any atom is -0.478 e. The molecular weight excluding hydrogens is 300 g/mol. The van der Waals surface area contributed by atoms with Crippen molar-refractivity contribution in [1.82, 2.24) is 15.0 Å². The Bertz CT molecular complexity index is 844. The van der Waals surface area contributed by atoms with E-state index in [2.05, 4.69) is 15.0 Å². The van der Waals surface area contributed by atoms with Crippen LogP contribution in [0.3, 0.4) is 0 Å². The molecule has 0 fully saturated rings. The SMILES string of the molecule is CN(CCO)c1ncc(-c2nc3cccc(C(=O)O)c3o2)cn1. The van der Waals surface area contributed by atoms with E-state index in [1.54, 1.807) is 36.5 Å². The summed E-state index contributed by atoms with van der Waals surface area (Å²) in [4.78, 5) is 25.6. The van der Waals surface area contributed by atoms with Crippen molar-refractivity contribution in [3.05, 3.63) is 36.2 Å². The summed E-state index contributed by atoms with van der Waals surface area (Å²) in [6.45, 7) is 0.426. The van der Waals surface area contributed by atoms with E-state index in [1.165, 1.54) is 6.07 Å². The molecule has 8 nitrogen and oxygen atoms in total. The molecule has 2 heterocycles. The molecule has 0 amide bonds. The number of aromatic carboxylic acids is 1. The number of carboxylic acid groups (broad SMARTS) is 1. The first kappa shape index (κ1) is 14.9. The van der Waals surface area contributed by atoms with Gasteiger partial charge in [-0.3, -0.25) is 0 Å². The highest BCUT2D eigenvalue weighted by Gasteiger charge is 2.16. The number of fused-ring (bicyclic) bond motifs is 1. The number of aliphatic hydroxyl groups excluding tert-OH is 1. The summed E-state index contributed by atoms with van der Waals surface area (Å²) in [5, 5.41) is 18.1. The number of aliphatic hydroxyl groups is 1. The molecule has 118 valence electrons. The molecule has 2 aromatic heterocycles. The molecule has 23 heavy (non-hydrogen) atoms. The maximum Gasteiger partial charge on any atom is 0.339 e. The summed E-state index contributed by atoms with van der Waals surface area (Å²) >= 11 is 0. The zero-order valence-corrected chi connectivity index (χ0v) is 12.3. The van der Waals surface area contributed by atoms with Gasteiger partial charge in [0, 0.05) is 26.0 Å². The molecule has 0 spiro atoms. The highest BCUT2D eigenvalue weighted by atomic mass is 16.4. The summed E-state index contributed by atoms with van der Waals surface area (Å²) in [6.07, 6.45) is 3.09. The topological polar surface area (TPSA) is 113 Å². The van der Waals surface area contributed by atoms with E-state index in [1.807, 2.05) is 0 Å². The monoisotopic (exact) mass is 314 g/mol. The van der Waals surface area contributed by atoms with E-state index in [-0.39, 0.29) is 23.6 Å². The molecule has 0 bridgehead atoms. The molecule has 0 aliphatic carbocycles. The second kappa shape index (κ2) is 6.01. The number of nitrogens with zero attached hydrogens (tertiary/aromatic N) is 4. The molecule has 3 rings (SSSR count). The van der Waals surface area contributed by atoms with Crippen LogP contribution in [0, 0.1) is 0 Å². The molecule has 0 aliphatic heterocycles. The lowest BCUT2D eigenvalue weighted by Gasteiger charge is -2.14. The van der Waals surface area contributed by atoms with Gasteiger partial charge in [0.05, 0.1) is 12.2 Å². The Morgan fingerprint density at radius 2 is 2.04 bits per heavy atom. The number of oxazole rings is 1. The average Bonchev–Trinajstić information content (AvgIpc) is 2.99. The number of likely N-dealkylation sites (N-methyl/N-ethyl adjacent to an activating group) is 1. The molecule has 0 saturated heterocycles. The normalized spacial score (nSPS) is 10.9. The van der Waals surface area contributed by atoms with E-state index < -0.39 is 5.97 Å². The molecule has 3 aromatic rings. The third-order valence-electron chi connectivity index (χ3n) is 3.31. The van der Waals surface area contributed by atoms with Gasteiger partial charge in [0.15, 0.2) is 5.58 Å². The summed E-state index contributed by atoms with van der Waals surface area (Å²) < 4.78 is 5.57. The van der Waals surface area contributed by atoms with Crippen molar-refractivity contribution in [2.45, 2.75) is 0 Å². The van der Waals surface area contributed by atoms with E-state index in [0.29, 0.717) is 23.6 Å². The summed E-state index contributed by atoms with van der Waals surface area (Å²) in [5.41, 5.74) is 1.28. The van der Waals surface area contributed by atoms with Gasteiger partial charge in [-0.1, -0.05) is 6.07 Å². The first-order chi connectivity index (χ1) is 11.1. The van der Waals surface area contributed by atoms with Gasteiger partial charge in [-0.05, 0) is 12.1 Å². The van der Waals surface area contributed by atoms with Crippen LogP contribution in [-0.2, 0) is 0 Å².